The quantitative estimate of drug-likeness (QED) is 0.725. The van der Waals surface area contributed by atoms with E-state index in [2.05, 4.69) is 50.9 Å². The predicted octanol–water partition coefficient (Wildman–Crippen LogP) is 4.45. The average molecular weight is 266 g/mol. The number of rotatable bonds is 1. The molecule has 1 nitrogen and oxygen atoms in total. The van der Waals surface area contributed by atoms with Gasteiger partial charge < -0.3 is 4.90 Å². The van der Waals surface area contributed by atoms with E-state index in [4.69, 9.17) is 11.6 Å². The zero-order chi connectivity index (χ0) is 13.3. The summed E-state index contributed by atoms with van der Waals surface area (Å²) in [7, 11) is 2.20. The lowest BCUT2D eigenvalue weighted by Gasteiger charge is -2.30. The lowest BCUT2D eigenvalue weighted by Crippen LogP contribution is -2.29. The molecule has 2 rings (SSSR count). The second-order valence-electron chi connectivity index (χ2n) is 6.57. The molecule has 1 aliphatic rings. The fourth-order valence-corrected chi connectivity index (χ4v) is 3.21. The van der Waals surface area contributed by atoms with Crippen molar-refractivity contribution in [2.45, 2.75) is 44.9 Å². The van der Waals surface area contributed by atoms with Gasteiger partial charge in [-0.1, -0.05) is 44.5 Å². The van der Waals surface area contributed by atoms with Crippen molar-refractivity contribution in [1.29, 1.82) is 0 Å². The van der Waals surface area contributed by atoms with Crippen molar-refractivity contribution >= 4 is 11.6 Å². The van der Waals surface area contributed by atoms with Gasteiger partial charge in [-0.15, -0.1) is 0 Å². The first-order valence-corrected chi connectivity index (χ1v) is 7.24. The molecule has 0 aromatic heterocycles. The van der Waals surface area contributed by atoms with Gasteiger partial charge in [0.05, 0.1) is 0 Å². The van der Waals surface area contributed by atoms with E-state index in [0.29, 0.717) is 5.92 Å². The van der Waals surface area contributed by atoms with Crippen molar-refractivity contribution in [2.24, 2.45) is 0 Å². The van der Waals surface area contributed by atoms with E-state index in [0.717, 1.165) is 5.02 Å². The Morgan fingerprint density at radius 1 is 1.17 bits per heavy atom. The molecule has 1 saturated heterocycles. The number of hydrogen-bond acceptors (Lipinski definition) is 1. The maximum Gasteiger partial charge on any atom is 0.0446 e. The number of piperidine rings is 1. The van der Waals surface area contributed by atoms with Crippen molar-refractivity contribution in [3.8, 4) is 0 Å². The Hall–Kier alpha value is -0.530. The molecule has 0 radical (unpaired) electrons. The smallest absolute Gasteiger partial charge is 0.0446 e. The Labute approximate surface area is 116 Å². The molecule has 0 atom stereocenters. The molecule has 1 fully saturated rings. The Bertz CT molecular complexity index is 412. The molecule has 0 spiro atoms. The van der Waals surface area contributed by atoms with Crippen LogP contribution < -0.4 is 0 Å². The molecule has 0 unspecified atom stereocenters. The molecule has 0 bridgehead atoms. The van der Waals surface area contributed by atoms with Crippen LogP contribution in [0.5, 0.6) is 0 Å². The highest BCUT2D eigenvalue weighted by atomic mass is 35.5. The minimum absolute atomic E-state index is 0.127. The minimum Gasteiger partial charge on any atom is -0.306 e. The highest BCUT2D eigenvalue weighted by molar-refractivity contribution is 6.31. The summed E-state index contributed by atoms with van der Waals surface area (Å²) < 4.78 is 0. The van der Waals surface area contributed by atoms with Crippen LogP contribution in [0.4, 0.5) is 0 Å². The molecule has 2 heteroatoms. The number of benzene rings is 1. The number of halogens is 1. The maximum absolute atomic E-state index is 6.45. The largest absolute Gasteiger partial charge is 0.306 e. The van der Waals surface area contributed by atoms with Gasteiger partial charge in [-0.2, -0.15) is 0 Å². The highest BCUT2D eigenvalue weighted by Gasteiger charge is 2.21. The molecule has 100 valence electrons. The molecule has 0 amide bonds. The fraction of sp³-hybridized carbons (Fsp3) is 0.625. The third-order valence-corrected chi connectivity index (χ3v) is 4.30. The van der Waals surface area contributed by atoms with Crippen LogP contribution in [0, 0.1) is 0 Å². The Morgan fingerprint density at radius 2 is 1.78 bits per heavy atom. The van der Waals surface area contributed by atoms with Gasteiger partial charge in [-0.3, -0.25) is 0 Å². The lowest BCUT2D eigenvalue weighted by molar-refractivity contribution is 0.255. The molecule has 1 aliphatic heterocycles. The van der Waals surface area contributed by atoms with E-state index < -0.39 is 0 Å². The number of hydrogen-bond donors (Lipinski definition) is 0. The van der Waals surface area contributed by atoms with Crippen LogP contribution in [0.1, 0.15) is 50.7 Å². The molecular formula is C16H24ClN. The van der Waals surface area contributed by atoms with Gasteiger partial charge in [0.1, 0.15) is 0 Å². The second-order valence-corrected chi connectivity index (χ2v) is 6.97. The van der Waals surface area contributed by atoms with Crippen LogP contribution >= 0.6 is 11.6 Å². The van der Waals surface area contributed by atoms with Crippen molar-refractivity contribution < 1.29 is 0 Å². The third-order valence-electron chi connectivity index (χ3n) is 3.99. The normalized spacial score (nSPS) is 19.2. The highest BCUT2D eigenvalue weighted by Crippen LogP contribution is 2.34. The van der Waals surface area contributed by atoms with Gasteiger partial charge in [0, 0.05) is 5.02 Å². The molecule has 0 aliphatic carbocycles. The van der Waals surface area contributed by atoms with E-state index in [-0.39, 0.29) is 5.41 Å². The molecular weight excluding hydrogens is 242 g/mol. The van der Waals surface area contributed by atoms with E-state index in [1.54, 1.807) is 0 Å². The topological polar surface area (TPSA) is 3.24 Å². The molecule has 1 heterocycles. The van der Waals surface area contributed by atoms with Gasteiger partial charge in [-0.25, -0.2) is 0 Å². The Kier molecular flexibility index (Phi) is 4.03. The molecule has 1 aromatic rings. The van der Waals surface area contributed by atoms with Crippen molar-refractivity contribution in [3.05, 3.63) is 34.3 Å². The first-order chi connectivity index (χ1) is 8.38. The number of likely N-dealkylation sites (tertiary alicyclic amines) is 1. The monoisotopic (exact) mass is 265 g/mol. The van der Waals surface area contributed by atoms with E-state index in [1.807, 2.05) is 0 Å². The van der Waals surface area contributed by atoms with Gasteiger partial charge in [0.2, 0.25) is 0 Å². The summed E-state index contributed by atoms with van der Waals surface area (Å²) in [5.74, 6) is 0.688. The first-order valence-electron chi connectivity index (χ1n) is 6.86. The first kappa shape index (κ1) is 13.9. The molecule has 0 saturated carbocycles. The summed E-state index contributed by atoms with van der Waals surface area (Å²) >= 11 is 6.45. The summed E-state index contributed by atoms with van der Waals surface area (Å²) in [4.78, 5) is 2.40. The van der Waals surface area contributed by atoms with Crippen LogP contribution in [-0.4, -0.2) is 25.0 Å². The van der Waals surface area contributed by atoms with Crippen LogP contribution in [0.3, 0.4) is 0 Å². The molecule has 18 heavy (non-hydrogen) atoms. The van der Waals surface area contributed by atoms with E-state index >= 15 is 0 Å². The van der Waals surface area contributed by atoms with E-state index in [9.17, 15) is 0 Å². The Morgan fingerprint density at radius 3 is 2.28 bits per heavy atom. The standard InChI is InChI=1S/C16H24ClN/c1-16(2,3)14-6-5-13(11-15(14)17)12-7-9-18(4)10-8-12/h5-6,11-12H,7-10H2,1-4H3. The molecule has 0 N–H and O–H groups in total. The van der Waals surface area contributed by atoms with Crippen LogP contribution in [0.15, 0.2) is 18.2 Å². The zero-order valence-corrected chi connectivity index (χ0v) is 12.7. The molecule has 1 aromatic carbocycles. The van der Waals surface area contributed by atoms with Crippen LogP contribution in [0.2, 0.25) is 5.02 Å². The Balaban J connectivity index is 2.19. The minimum atomic E-state index is 0.127. The van der Waals surface area contributed by atoms with Gasteiger partial charge >= 0.3 is 0 Å². The SMILES string of the molecule is CN1CCC(c2ccc(C(C)(C)C)c(Cl)c2)CC1. The van der Waals surface area contributed by atoms with Gasteiger partial charge in [0.25, 0.3) is 0 Å². The second kappa shape index (κ2) is 5.22. The van der Waals surface area contributed by atoms with E-state index in [1.165, 1.54) is 37.1 Å². The maximum atomic E-state index is 6.45. The van der Waals surface area contributed by atoms with Crippen molar-refractivity contribution in [2.75, 3.05) is 20.1 Å². The fourth-order valence-electron chi connectivity index (χ4n) is 2.74. The summed E-state index contributed by atoms with van der Waals surface area (Å²) in [6.07, 6.45) is 2.50. The number of nitrogens with zero attached hydrogens (tertiary/aromatic N) is 1. The van der Waals surface area contributed by atoms with Crippen molar-refractivity contribution in [1.82, 2.24) is 4.90 Å². The summed E-state index contributed by atoms with van der Waals surface area (Å²) in [5.41, 5.74) is 2.80. The van der Waals surface area contributed by atoms with Crippen LogP contribution in [0.25, 0.3) is 0 Å². The van der Waals surface area contributed by atoms with Crippen LogP contribution in [-0.2, 0) is 5.41 Å². The lowest BCUT2D eigenvalue weighted by atomic mass is 9.84. The van der Waals surface area contributed by atoms with Gasteiger partial charge in [-0.05, 0) is 61.5 Å². The summed E-state index contributed by atoms with van der Waals surface area (Å²) in [5, 5.41) is 0.930. The van der Waals surface area contributed by atoms with Gasteiger partial charge in [0.15, 0.2) is 0 Å². The zero-order valence-electron chi connectivity index (χ0n) is 12.0. The third kappa shape index (κ3) is 3.07. The summed E-state index contributed by atoms with van der Waals surface area (Å²) in [6.45, 7) is 9.03. The van der Waals surface area contributed by atoms with Crippen molar-refractivity contribution in [3.63, 3.8) is 0 Å². The average Bonchev–Trinajstić information content (AvgIpc) is 2.28. The predicted molar refractivity (Wildman–Crippen MR) is 79.6 cm³/mol. The summed E-state index contributed by atoms with van der Waals surface area (Å²) in [6, 6.07) is 6.69.